The molecule has 1 aromatic heterocycles. The molecule has 7 heteroatoms. The SMILES string of the molecule is COC(=O)C(C)(C)NC(=O)c1ccn(-c2ccccc2Cl)n1. The van der Waals surface area contributed by atoms with Crippen molar-refractivity contribution >= 4 is 23.5 Å². The molecular formula is C15H16ClN3O3. The summed E-state index contributed by atoms with van der Waals surface area (Å²) in [4.78, 5) is 23.8. The number of benzene rings is 1. The summed E-state index contributed by atoms with van der Waals surface area (Å²) < 4.78 is 6.15. The fourth-order valence-electron chi connectivity index (χ4n) is 1.87. The molecule has 1 N–H and O–H groups in total. The second-order valence-electron chi connectivity index (χ2n) is 5.17. The second-order valence-corrected chi connectivity index (χ2v) is 5.57. The van der Waals surface area contributed by atoms with E-state index in [2.05, 4.69) is 15.2 Å². The number of nitrogens with one attached hydrogen (secondary N) is 1. The van der Waals surface area contributed by atoms with E-state index in [9.17, 15) is 9.59 Å². The van der Waals surface area contributed by atoms with E-state index < -0.39 is 17.4 Å². The van der Waals surface area contributed by atoms with Crippen LogP contribution in [0, 0.1) is 0 Å². The van der Waals surface area contributed by atoms with Gasteiger partial charge in [0.15, 0.2) is 5.69 Å². The number of ether oxygens (including phenoxy) is 1. The Morgan fingerprint density at radius 3 is 2.59 bits per heavy atom. The number of carbonyl (C=O) groups excluding carboxylic acids is 2. The van der Waals surface area contributed by atoms with Gasteiger partial charge in [-0.3, -0.25) is 4.79 Å². The predicted octanol–water partition coefficient (Wildman–Crippen LogP) is 2.21. The molecular weight excluding hydrogens is 306 g/mol. The highest BCUT2D eigenvalue weighted by Gasteiger charge is 2.31. The van der Waals surface area contributed by atoms with Crippen LogP contribution >= 0.6 is 11.6 Å². The smallest absolute Gasteiger partial charge is 0.330 e. The number of methoxy groups -OCH3 is 1. The van der Waals surface area contributed by atoms with Crippen LogP contribution in [0.15, 0.2) is 36.5 Å². The number of esters is 1. The number of nitrogens with zero attached hydrogens (tertiary/aromatic N) is 2. The summed E-state index contributed by atoms with van der Waals surface area (Å²) >= 11 is 6.09. The average molecular weight is 322 g/mol. The lowest BCUT2D eigenvalue weighted by molar-refractivity contribution is -0.146. The molecule has 0 aliphatic heterocycles. The van der Waals surface area contributed by atoms with Crippen LogP contribution in [0.4, 0.5) is 0 Å². The maximum atomic E-state index is 12.2. The van der Waals surface area contributed by atoms with Crippen LogP contribution in [0.3, 0.4) is 0 Å². The third-order valence-electron chi connectivity index (χ3n) is 3.04. The minimum atomic E-state index is -1.14. The molecule has 0 saturated carbocycles. The molecule has 6 nitrogen and oxygen atoms in total. The van der Waals surface area contributed by atoms with Crippen LogP contribution in [0.25, 0.3) is 5.69 Å². The van der Waals surface area contributed by atoms with Gasteiger partial charge in [0.25, 0.3) is 5.91 Å². The number of amides is 1. The molecule has 1 heterocycles. The van der Waals surface area contributed by atoms with Crippen molar-refractivity contribution in [2.45, 2.75) is 19.4 Å². The van der Waals surface area contributed by atoms with Gasteiger partial charge in [-0.05, 0) is 32.0 Å². The fraction of sp³-hybridized carbons (Fsp3) is 0.267. The molecule has 116 valence electrons. The molecule has 0 fully saturated rings. The summed E-state index contributed by atoms with van der Waals surface area (Å²) in [6, 6.07) is 8.70. The maximum absolute atomic E-state index is 12.2. The Morgan fingerprint density at radius 1 is 1.27 bits per heavy atom. The Kier molecular flexibility index (Phi) is 4.51. The first-order chi connectivity index (χ1) is 10.3. The number of carbonyl (C=O) groups is 2. The first kappa shape index (κ1) is 16.0. The Labute approximate surface area is 133 Å². The first-order valence-electron chi connectivity index (χ1n) is 6.56. The molecule has 0 saturated heterocycles. The van der Waals surface area contributed by atoms with Gasteiger partial charge in [0.2, 0.25) is 0 Å². The predicted molar refractivity (Wildman–Crippen MR) is 82.1 cm³/mol. The van der Waals surface area contributed by atoms with Crippen molar-refractivity contribution in [1.82, 2.24) is 15.1 Å². The van der Waals surface area contributed by atoms with Crippen molar-refractivity contribution in [3.8, 4) is 5.69 Å². The number of hydrogen-bond acceptors (Lipinski definition) is 4. The van der Waals surface area contributed by atoms with Gasteiger partial charge in [-0.2, -0.15) is 5.10 Å². The van der Waals surface area contributed by atoms with Crippen molar-refractivity contribution in [3.05, 3.63) is 47.2 Å². The topological polar surface area (TPSA) is 73.2 Å². The zero-order valence-electron chi connectivity index (χ0n) is 12.5. The summed E-state index contributed by atoms with van der Waals surface area (Å²) in [7, 11) is 1.27. The molecule has 0 unspecified atom stereocenters. The summed E-state index contributed by atoms with van der Waals surface area (Å²) in [5, 5.41) is 7.28. The Hall–Kier alpha value is -2.34. The van der Waals surface area contributed by atoms with Gasteiger partial charge in [0, 0.05) is 6.20 Å². The summed E-state index contributed by atoms with van der Waals surface area (Å²) in [5.41, 5.74) is -0.299. The van der Waals surface area contributed by atoms with Crippen LogP contribution in [-0.2, 0) is 9.53 Å². The van der Waals surface area contributed by atoms with E-state index >= 15 is 0 Å². The first-order valence-corrected chi connectivity index (χ1v) is 6.94. The molecule has 0 radical (unpaired) electrons. The Bertz CT molecular complexity index is 710. The zero-order chi connectivity index (χ0) is 16.3. The minimum absolute atomic E-state index is 0.178. The van der Waals surface area contributed by atoms with E-state index in [0.717, 1.165) is 0 Å². The van der Waals surface area contributed by atoms with E-state index in [1.165, 1.54) is 11.8 Å². The monoisotopic (exact) mass is 321 g/mol. The number of rotatable bonds is 4. The Balaban J connectivity index is 2.20. The van der Waals surface area contributed by atoms with Gasteiger partial charge in [0.1, 0.15) is 5.54 Å². The molecule has 1 amide bonds. The quantitative estimate of drug-likeness (QED) is 0.876. The number of para-hydroxylation sites is 1. The van der Waals surface area contributed by atoms with Crippen LogP contribution in [0.5, 0.6) is 0 Å². The lowest BCUT2D eigenvalue weighted by Gasteiger charge is -2.22. The molecule has 1 aromatic carbocycles. The van der Waals surface area contributed by atoms with Gasteiger partial charge in [-0.25, -0.2) is 9.48 Å². The molecule has 2 aromatic rings. The lowest BCUT2D eigenvalue weighted by Crippen LogP contribution is -2.50. The molecule has 0 bridgehead atoms. The highest BCUT2D eigenvalue weighted by atomic mass is 35.5. The highest BCUT2D eigenvalue weighted by Crippen LogP contribution is 2.19. The second kappa shape index (κ2) is 6.19. The van der Waals surface area contributed by atoms with Crippen LogP contribution in [0.1, 0.15) is 24.3 Å². The largest absolute Gasteiger partial charge is 0.467 e. The number of halogens is 1. The van der Waals surface area contributed by atoms with E-state index in [-0.39, 0.29) is 5.69 Å². The van der Waals surface area contributed by atoms with Gasteiger partial charge < -0.3 is 10.1 Å². The van der Waals surface area contributed by atoms with Crippen LogP contribution < -0.4 is 5.32 Å². The summed E-state index contributed by atoms with van der Waals surface area (Å²) in [6.07, 6.45) is 1.63. The zero-order valence-corrected chi connectivity index (χ0v) is 13.2. The van der Waals surface area contributed by atoms with Crippen LogP contribution in [0.2, 0.25) is 5.02 Å². The average Bonchev–Trinajstić information content (AvgIpc) is 2.96. The van der Waals surface area contributed by atoms with E-state index in [1.807, 2.05) is 12.1 Å². The summed E-state index contributed by atoms with van der Waals surface area (Å²) in [6.45, 7) is 3.11. The van der Waals surface area contributed by atoms with Crippen molar-refractivity contribution in [3.63, 3.8) is 0 Å². The standard InChI is InChI=1S/C15H16ClN3O3/c1-15(2,14(21)22-3)17-13(20)11-8-9-19(18-11)12-7-5-4-6-10(12)16/h4-9H,1-3H3,(H,17,20). The van der Waals surface area contributed by atoms with Gasteiger partial charge in [-0.1, -0.05) is 23.7 Å². The molecule has 0 atom stereocenters. The maximum Gasteiger partial charge on any atom is 0.330 e. The van der Waals surface area contributed by atoms with E-state index in [0.29, 0.717) is 10.7 Å². The van der Waals surface area contributed by atoms with Crippen molar-refractivity contribution < 1.29 is 14.3 Å². The molecule has 22 heavy (non-hydrogen) atoms. The minimum Gasteiger partial charge on any atom is -0.467 e. The lowest BCUT2D eigenvalue weighted by atomic mass is 10.1. The fourth-order valence-corrected chi connectivity index (χ4v) is 2.09. The van der Waals surface area contributed by atoms with Gasteiger partial charge in [-0.15, -0.1) is 0 Å². The van der Waals surface area contributed by atoms with Gasteiger partial charge in [0.05, 0.1) is 17.8 Å². The van der Waals surface area contributed by atoms with Gasteiger partial charge >= 0.3 is 5.97 Å². The molecule has 0 aliphatic carbocycles. The summed E-state index contributed by atoms with van der Waals surface area (Å²) in [5.74, 6) is -1.01. The highest BCUT2D eigenvalue weighted by molar-refractivity contribution is 6.32. The van der Waals surface area contributed by atoms with Crippen LogP contribution in [-0.4, -0.2) is 34.3 Å². The van der Waals surface area contributed by atoms with E-state index in [4.69, 9.17) is 11.6 Å². The third-order valence-corrected chi connectivity index (χ3v) is 3.36. The van der Waals surface area contributed by atoms with Crippen molar-refractivity contribution in [1.29, 1.82) is 0 Å². The van der Waals surface area contributed by atoms with Crippen molar-refractivity contribution in [2.75, 3.05) is 7.11 Å². The molecule has 0 aliphatic rings. The normalized spacial score (nSPS) is 11.1. The third kappa shape index (κ3) is 3.28. The number of aromatic nitrogens is 2. The van der Waals surface area contributed by atoms with Crippen molar-refractivity contribution in [2.24, 2.45) is 0 Å². The molecule has 2 rings (SSSR count). The Morgan fingerprint density at radius 2 is 1.95 bits per heavy atom. The molecule has 0 spiro atoms. The van der Waals surface area contributed by atoms with E-state index in [1.54, 1.807) is 38.2 Å². The number of hydrogen-bond donors (Lipinski definition) is 1.